The summed E-state index contributed by atoms with van der Waals surface area (Å²) < 4.78 is 1.95. The predicted octanol–water partition coefficient (Wildman–Crippen LogP) is 3.42. The molecule has 140 valence electrons. The van der Waals surface area contributed by atoms with Crippen molar-refractivity contribution >= 4 is 5.91 Å². The molecule has 0 atom stereocenters. The van der Waals surface area contributed by atoms with E-state index in [1.807, 2.05) is 55.6 Å². The second-order valence-electron chi connectivity index (χ2n) is 8.10. The third-order valence-electron chi connectivity index (χ3n) is 4.94. The minimum absolute atomic E-state index is 0.230. The number of hydrogen-bond donors (Lipinski definition) is 0. The summed E-state index contributed by atoms with van der Waals surface area (Å²) in [4.78, 5) is 24.0. The van der Waals surface area contributed by atoms with Crippen LogP contribution < -0.4 is 0 Å². The summed E-state index contributed by atoms with van der Waals surface area (Å²) in [6, 6.07) is 4.02. The van der Waals surface area contributed by atoms with Crippen LogP contribution in [0.3, 0.4) is 0 Å². The number of hydrogen-bond acceptors (Lipinski definition) is 4. The lowest BCUT2D eigenvalue weighted by Crippen LogP contribution is -2.43. The fourth-order valence-corrected chi connectivity index (χ4v) is 3.52. The molecule has 2 aromatic rings. The highest BCUT2D eigenvalue weighted by molar-refractivity contribution is 5.81. The Balaban J connectivity index is 1.78. The Kier molecular flexibility index (Phi) is 5.12. The van der Waals surface area contributed by atoms with E-state index in [9.17, 15) is 4.79 Å². The summed E-state index contributed by atoms with van der Waals surface area (Å²) in [5.74, 6) is 1.43. The summed E-state index contributed by atoms with van der Waals surface area (Å²) in [7, 11) is 0. The van der Waals surface area contributed by atoms with Crippen molar-refractivity contribution < 1.29 is 4.79 Å². The molecule has 1 amide bonds. The van der Waals surface area contributed by atoms with Gasteiger partial charge >= 0.3 is 0 Å². The van der Waals surface area contributed by atoms with E-state index in [0.29, 0.717) is 5.92 Å². The Morgan fingerprint density at radius 1 is 1.23 bits per heavy atom. The van der Waals surface area contributed by atoms with E-state index in [2.05, 4.69) is 12.0 Å². The second kappa shape index (κ2) is 7.17. The molecule has 0 bridgehead atoms. The number of aromatic nitrogens is 4. The molecule has 1 saturated heterocycles. The van der Waals surface area contributed by atoms with Crippen LogP contribution in [0, 0.1) is 12.3 Å². The van der Waals surface area contributed by atoms with Gasteiger partial charge in [0.25, 0.3) is 0 Å². The van der Waals surface area contributed by atoms with Crippen molar-refractivity contribution in [2.24, 2.45) is 5.41 Å². The second-order valence-corrected chi connectivity index (χ2v) is 8.10. The van der Waals surface area contributed by atoms with Crippen molar-refractivity contribution in [2.45, 2.75) is 59.9 Å². The van der Waals surface area contributed by atoms with Gasteiger partial charge in [-0.1, -0.05) is 20.8 Å². The first-order valence-electron chi connectivity index (χ1n) is 9.46. The lowest BCUT2D eigenvalue weighted by atomic mass is 9.90. The van der Waals surface area contributed by atoms with Crippen LogP contribution in [0.15, 0.2) is 18.3 Å². The van der Waals surface area contributed by atoms with Gasteiger partial charge in [0, 0.05) is 42.9 Å². The Hall–Kier alpha value is -2.24. The zero-order chi connectivity index (χ0) is 18.9. The number of piperidine rings is 1. The van der Waals surface area contributed by atoms with Gasteiger partial charge in [0.1, 0.15) is 5.82 Å². The summed E-state index contributed by atoms with van der Waals surface area (Å²) in [6.07, 6.45) is 3.64. The van der Waals surface area contributed by atoms with E-state index in [1.165, 1.54) is 0 Å². The van der Waals surface area contributed by atoms with E-state index in [0.717, 1.165) is 55.4 Å². The molecular weight excluding hydrogens is 326 g/mol. The summed E-state index contributed by atoms with van der Waals surface area (Å²) in [5, 5.41) is 4.35. The molecule has 6 nitrogen and oxygen atoms in total. The average Bonchev–Trinajstić information content (AvgIpc) is 3.08. The highest BCUT2D eigenvalue weighted by Gasteiger charge is 2.31. The summed E-state index contributed by atoms with van der Waals surface area (Å²) in [5.41, 5.74) is 2.61. The molecule has 0 unspecified atom stereocenters. The first-order chi connectivity index (χ1) is 12.3. The van der Waals surface area contributed by atoms with Gasteiger partial charge in [-0.15, -0.1) is 0 Å². The fourth-order valence-electron chi connectivity index (χ4n) is 3.52. The van der Waals surface area contributed by atoms with Gasteiger partial charge in [-0.05, 0) is 38.8 Å². The lowest BCUT2D eigenvalue weighted by Gasteiger charge is -2.35. The molecule has 0 N–H and O–H groups in total. The molecule has 1 fully saturated rings. The number of carbonyl (C=O) groups is 1. The van der Waals surface area contributed by atoms with Gasteiger partial charge in [0.2, 0.25) is 5.91 Å². The van der Waals surface area contributed by atoms with E-state index in [4.69, 9.17) is 9.97 Å². The summed E-state index contributed by atoms with van der Waals surface area (Å²) in [6.45, 7) is 12.4. The SMILES string of the molecule is CCn1nccc1-c1cc(C)nc(C2CCN(C(=O)C(C)(C)C)CC2)n1. The van der Waals surface area contributed by atoms with Crippen LogP contribution in [0.2, 0.25) is 0 Å². The first kappa shape index (κ1) is 18.5. The zero-order valence-electron chi connectivity index (χ0n) is 16.5. The molecule has 0 radical (unpaired) electrons. The third kappa shape index (κ3) is 3.79. The highest BCUT2D eigenvalue weighted by atomic mass is 16.2. The summed E-state index contributed by atoms with van der Waals surface area (Å²) >= 11 is 0. The van der Waals surface area contributed by atoms with Crippen molar-refractivity contribution in [3.8, 4) is 11.4 Å². The Bertz CT molecular complexity index is 782. The van der Waals surface area contributed by atoms with Crippen molar-refractivity contribution in [3.63, 3.8) is 0 Å². The average molecular weight is 355 g/mol. The van der Waals surface area contributed by atoms with Gasteiger partial charge in [-0.25, -0.2) is 9.97 Å². The van der Waals surface area contributed by atoms with Crippen LogP contribution in [0.25, 0.3) is 11.4 Å². The van der Waals surface area contributed by atoms with Crippen LogP contribution in [0.5, 0.6) is 0 Å². The zero-order valence-corrected chi connectivity index (χ0v) is 16.5. The van der Waals surface area contributed by atoms with Crippen molar-refractivity contribution in [1.82, 2.24) is 24.6 Å². The maximum absolute atomic E-state index is 12.5. The molecule has 6 heteroatoms. The normalized spacial score (nSPS) is 16.1. The molecular formula is C20H29N5O. The first-order valence-corrected chi connectivity index (χ1v) is 9.46. The van der Waals surface area contributed by atoms with E-state index < -0.39 is 0 Å². The number of aryl methyl sites for hydroxylation is 2. The van der Waals surface area contributed by atoms with E-state index in [-0.39, 0.29) is 11.3 Å². The van der Waals surface area contributed by atoms with Crippen LogP contribution in [-0.2, 0) is 11.3 Å². The number of amides is 1. The molecule has 0 aliphatic carbocycles. The van der Waals surface area contributed by atoms with Crippen LogP contribution in [0.4, 0.5) is 0 Å². The molecule has 1 aliphatic heterocycles. The monoisotopic (exact) mass is 355 g/mol. The van der Waals surface area contributed by atoms with Gasteiger partial charge in [0.15, 0.2) is 0 Å². The van der Waals surface area contributed by atoms with E-state index >= 15 is 0 Å². The topological polar surface area (TPSA) is 63.9 Å². The maximum Gasteiger partial charge on any atom is 0.227 e. The van der Waals surface area contributed by atoms with Crippen molar-refractivity contribution in [1.29, 1.82) is 0 Å². The fraction of sp³-hybridized carbons (Fsp3) is 0.600. The molecule has 1 aliphatic rings. The van der Waals surface area contributed by atoms with Crippen LogP contribution >= 0.6 is 0 Å². The van der Waals surface area contributed by atoms with Crippen molar-refractivity contribution in [2.75, 3.05) is 13.1 Å². The third-order valence-corrected chi connectivity index (χ3v) is 4.94. The maximum atomic E-state index is 12.5. The Labute approximate surface area is 155 Å². The standard InChI is InChI=1S/C20H29N5O/c1-6-25-17(7-10-21-25)16-13-14(2)22-18(23-16)15-8-11-24(12-9-15)19(26)20(3,4)5/h7,10,13,15H,6,8-9,11-12H2,1-5H3. The number of carbonyl (C=O) groups excluding carboxylic acids is 1. The van der Waals surface area contributed by atoms with Gasteiger partial charge < -0.3 is 4.90 Å². The minimum atomic E-state index is -0.321. The molecule has 0 aromatic carbocycles. The minimum Gasteiger partial charge on any atom is -0.342 e. The van der Waals surface area contributed by atoms with Crippen molar-refractivity contribution in [3.05, 3.63) is 29.8 Å². The molecule has 3 rings (SSSR count). The van der Waals surface area contributed by atoms with Crippen LogP contribution in [-0.4, -0.2) is 43.6 Å². The quantitative estimate of drug-likeness (QED) is 0.846. The smallest absolute Gasteiger partial charge is 0.227 e. The number of rotatable bonds is 3. The highest BCUT2D eigenvalue weighted by Crippen LogP contribution is 2.30. The number of likely N-dealkylation sites (tertiary alicyclic amines) is 1. The van der Waals surface area contributed by atoms with Gasteiger partial charge in [-0.3, -0.25) is 9.48 Å². The predicted molar refractivity (Wildman–Crippen MR) is 102 cm³/mol. The molecule has 3 heterocycles. The molecule has 26 heavy (non-hydrogen) atoms. The van der Waals surface area contributed by atoms with Gasteiger partial charge in [-0.2, -0.15) is 5.10 Å². The van der Waals surface area contributed by atoms with Gasteiger partial charge in [0.05, 0.1) is 11.4 Å². The molecule has 0 spiro atoms. The largest absolute Gasteiger partial charge is 0.342 e. The van der Waals surface area contributed by atoms with Crippen LogP contribution in [0.1, 0.15) is 58.0 Å². The lowest BCUT2D eigenvalue weighted by molar-refractivity contribution is -0.140. The molecule has 0 saturated carbocycles. The van der Waals surface area contributed by atoms with E-state index in [1.54, 1.807) is 0 Å². The number of nitrogens with zero attached hydrogens (tertiary/aromatic N) is 5. The Morgan fingerprint density at radius 2 is 1.92 bits per heavy atom. The Morgan fingerprint density at radius 3 is 2.54 bits per heavy atom. The molecule has 2 aromatic heterocycles.